The fraction of sp³-hybridized carbons (Fsp3) is 0.969. The zero-order valence-electron chi connectivity index (χ0n) is 24.4. The molecular formula is C32H52O5. The van der Waals surface area contributed by atoms with E-state index >= 15 is 0 Å². The predicted molar refractivity (Wildman–Crippen MR) is 143 cm³/mol. The molecule has 5 aliphatic carbocycles. The minimum atomic E-state index is -0.605. The van der Waals surface area contributed by atoms with E-state index in [0.717, 1.165) is 44.9 Å². The number of carboxylic acid groups (broad SMARTS) is 1. The first-order chi connectivity index (χ1) is 17.2. The van der Waals surface area contributed by atoms with Gasteiger partial charge in [-0.2, -0.15) is 0 Å². The molecule has 0 aromatic carbocycles. The topological polar surface area (TPSA) is 76.0 Å². The van der Waals surface area contributed by atoms with Gasteiger partial charge in [-0.25, -0.2) is 0 Å². The van der Waals surface area contributed by atoms with Crippen LogP contribution in [0, 0.1) is 56.2 Å². The van der Waals surface area contributed by atoms with Crippen LogP contribution < -0.4 is 0 Å². The van der Waals surface area contributed by atoms with Crippen LogP contribution in [0.4, 0.5) is 0 Å². The number of fused-ring (bicyclic) bond motifs is 7. The molecule has 0 amide bonds. The summed E-state index contributed by atoms with van der Waals surface area (Å²) in [7, 11) is 0. The number of carbonyl (C=O) groups is 1. The van der Waals surface area contributed by atoms with Crippen LogP contribution in [0.25, 0.3) is 0 Å². The number of aliphatic hydroxyl groups excluding tert-OH is 1. The van der Waals surface area contributed by atoms with E-state index in [0.29, 0.717) is 30.3 Å². The molecule has 6 rings (SSSR count). The van der Waals surface area contributed by atoms with Crippen molar-refractivity contribution in [3.05, 3.63) is 0 Å². The second kappa shape index (κ2) is 7.97. The van der Waals surface area contributed by atoms with Gasteiger partial charge in [0.05, 0.1) is 17.6 Å². The average Bonchev–Trinajstić information content (AvgIpc) is 3.02. The zero-order valence-corrected chi connectivity index (χ0v) is 24.4. The molecule has 0 radical (unpaired) electrons. The minimum absolute atomic E-state index is 0.00877. The van der Waals surface area contributed by atoms with Gasteiger partial charge in [-0.1, -0.05) is 34.6 Å². The van der Waals surface area contributed by atoms with Crippen molar-refractivity contribution < 1.29 is 24.5 Å². The quantitative estimate of drug-likeness (QED) is 0.438. The van der Waals surface area contributed by atoms with E-state index in [1.807, 2.05) is 6.92 Å². The smallest absolute Gasteiger partial charge is 0.309 e. The second-order valence-corrected chi connectivity index (χ2v) is 15.9. The number of ether oxygens (including phenoxy) is 2. The van der Waals surface area contributed by atoms with E-state index in [2.05, 4.69) is 41.5 Å². The first-order valence-corrected chi connectivity index (χ1v) is 15.4. The SMILES string of the molecule is CCO[C@@H]1O[C@H]2[C@H](O)C[C@H]3[C@]4(C)CC[C@@]5(C)[C@@H]6C[C@](C)(C(=O)O)CC[C@]6(C)CC[C@]5(C)[C@H]4CC[C@]13[C@H]2C. The molecule has 1 saturated heterocycles. The van der Waals surface area contributed by atoms with Crippen molar-refractivity contribution in [2.24, 2.45) is 56.2 Å². The van der Waals surface area contributed by atoms with Crippen LogP contribution in [0.1, 0.15) is 113 Å². The predicted octanol–water partition coefficient (Wildman–Crippen LogP) is 6.66. The Balaban J connectivity index is 1.40. The molecule has 1 heterocycles. The van der Waals surface area contributed by atoms with Gasteiger partial charge in [0.25, 0.3) is 0 Å². The van der Waals surface area contributed by atoms with Crippen LogP contribution in [0.5, 0.6) is 0 Å². The summed E-state index contributed by atoms with van der Waals surface area (Å²) in [5, 5.41) is 21.5. The van der Waals surface area contributed by atoms with E-state index in [9.17, 15) is 15.0 Å². The first kappa shape index (κ1) is 26.6. The molecule has 6 fully saturated rings. The molecule has 2 bridgehead atoms. The highest BCUT2D eigenvalue weighted by Gasteiger charge is 2.75. The standard InChI is InChI=1S/C32H52O5/c1-8-36-26-32-10-9-21-29(5,22(32)17-20(33)24(37-26)19(32)2)14-16-31(7)23-18-28(4,25(34)35)12-11-27(23,3)13-15-30(21,31)6/h19-24,26,33H,8-18H2,1-7H3,(H,34,35)/t19-,20+,21-,22-,23+,24+,26+,27+,28+,29+,30+,31-,32+/m0/s1. The summed E-state index contributed by atoms with van der Waals surface area (Å²) in [4.78, 5) is 12.4. The molecule has 1 aliphatic heterocycles. The van der Waals surface area contributed by atoms with Gasteiger partial charge in [0.15, 0.2) is 6.29 Å². The molecule has 210 valence electrons. The summed E-state index contributed by atoms with van der Waals surface area (Å²) < 4.78 is 12.8. The monoisotopic (exact) mass is 516 g/mol. The van der Waals surface area contributed by atoms with Crippen LogP contribution in [0.2, 0.25) is 0 Å². The van der Waals surface area contributed by atoms with Crippen LogP contribution in [-0.4, -0.2) is 41.3 Å². The molecule has 0 unspecified atom stereocenters. The van der Waals surface area contributed by atoms with Gasteiger partial charge in [0.2, 0.25) is 0 Å². The average molecular weight is 517 g/mol. The van der Waals surface area contributed by atoms with Gasteiger partial charge >= 0.3 is 5.97 Å². The van der Waals surface area contributed by atoms with Crippen LogP contribution in [0.3, 0.4) is 0 Å². The van der Waals surface area contributed by atoms with Crippen molar-refractivity contribution in [1.29, 1.82) is 0 Å². The Bertz CT molecular complexity index is 967. The Morgan fingerprint density at radius 3 is 2.24 bits per heavy atom. The van der Waals surface area contributed by atoms with Gasteiger partial charge in [0.1, 0.15) is 0 Å². The van der Waals surface area contributed by atoms with Gasteiger partial charge in [-0.15, -0.1) is 0 Å². The first-order valence-electron chi connectivity index (χ1n) is 15.4. The van der Waals surface area contributed by atoms with Crippen molar-refractivity contribution >= 4 is 5.97 Å². The third kappa shape index (κ3) is 3.06. The lowest BCUT2D eigenvalue weighted by Gasteiger charge is -2.74. The number of hydrogen-bond acceptors (Lipinski definition) is 4. The molecule has 13 atom stereocenters. The van der Waals surface area contributed by atoms with Crippen molar-refractivity contribution in [1.82, 2.24) is 0 Å². The lowest BCUT2D eigenvalue weighted by Crippen LogP contribution is -2.69. The fourth-order valence-electron chi connectivity index (χ4n) is 12.3. The molecule has 5 saturated carbocycles. The molecule has 0 aromatic rings. The zero-order chi connectivity index (χ0) is 26.8. The molecule has 5 nitrogen and oxygen atoms in total. The normalized spacial score (nSPS) is 60.6. The van der Waals surface area contributed by atoms with Crippen LogP contribution in [-0.2, 0) is 14.3 Å². The van der Waals surface area contributed by atoms with Crippen LogP contribution in [0.15, 0.2) is 0 Å². The fourth-order valence-corrected chi connectivity index (χ4v) is 12.3. The highest BCUT2D eigenvalue weighted by Crippen LogP contribution is 2.79. The Morgan fingerprint density at radius 1 is 0.919 bits per heavy atom. The molecule has 2 N–H and O–H groups in total. The Labute approximate surface area is 224 Å². The molecule has 37 heavy (non-hydrogen) atoms. The summed E-state index contributed by atoms with van der Waals surface area (Å²) in [6.45, 7) is 17.2. The lowest BCUT2D eigenvalue weighted by atomic mass is 9.30. The largest absolute Gasteiger partial charge is 0.481 e. The Hall–Kier alpha value is -0.650. The Kier molecular flexibility index (Phi) is 5.72. The summed E-state index contributed by atoms with van der Waals surface area (Å²) in [6.07, 6.45) is 9.86. The summed E-state index contributed by atoms with van der Waals surface area (Å²) in [5.74, 6) is 1.12. The van der Waals surface area contributed by atoms with Gasteiger partial charge in [-0.05, 0) is 123 Å². The maximum Gasteiger partial charge on any atom is 0.309 e. The number of aliphatic carboxylic acids is 1. The van der Waals surface area contributed by atoms with E-state index in [-0.39, 0.29) is 39.5 Å². The molecule has 6 aliphatic rings. The van der Waals surface area contributed by atoms with Crippen molar-refractivity contribution in [3.8, 4) is 0 Å². The van der Waals surface area contributed by atoms with Crippen molar-refractivity contribution in [2.45, 2.75) is 131 Å². The maximum atomic E-state index is 12.4. The number of hydrogen-bond donors (Lipinski definition) is 2. The number of aliphatic hydroxyl groups is 1. The molecule has 0 aromatic heterocycles. The van der Waals surface area contributed by atoms with Crippen molar-refractivity contribution in [2.75, 3.05) is 6.61 Å². The van der Waals surface area contributed by atoms with E-state index in [1.54, 1.807) is 0 Å². The van der Waals surface area contributed by atoms with Crippen molar-refractivity contribution in [3.63, 3.8) is 0 Å². The third-order valence-corrected chi connectivity index (χ3v) is 14.8. The summed E-state index contributed by atoms with van der Waals surface area (Å²) >= 11 is 0. The van der Waals surface area contributed by atoms with Gasteiger partial charge in [0, 0.05) is 12.0 Å². The minimum Gasteiger partial charge on any atom is -0.481 e. The number of carboxylic acids is 1. The van der Waals surface area contributed by atoms with E-state index in [4.69, 9.17) is 9.47 Å². The highest BCUT2D eigenvalue weighted by molar-refractivity contribution is 5.74. The summed E-state index contributed by atoms with van der Waals surface area (Å²) in [6, 6.07) is 0. The second-order valence-electron chi connectivity index (χ2n) is 15.9. The molecular weight excluding hydrogens is 464 g/mol. The van der Waals surface area contributed by atoms with Crippen LogP contribution >= 0.6 is 0 Å². The Morgan fingerprint density at radius 2 is 1.57 bits per heavy atom. The third-order valence-electron chi connectivity index (χ3n) is 14.8. The molecule has 1 spiro atoms. The van der Waals surface area contributed by atoms with Gasteiger partial charge < -0.3 is 19.7 Å². The maximum absolute atomic E-state index is 12.4. The van der Waals surface area contributed by atoms with E-state index in [1.165, 1.54) is 19.3 Å². The highest BCUT2D eigenvalue weighted by atomic mass is 16.7. The summed E-state index contributed by atoms with van der Waals surface area (Å²) in [5.41, 5.74) is 0.0773. The molecule has 5 heteroatoms. The van der Waals surface area contributed by atoms with Gasteiger partial charge in [-0.3, -0.25) is 4.79 Å². The lowest BCUT2D eigenvalue weighted by molar-refractivity contribution is -0.276. The number of rotatable bonds is 3. The van der Waals surface area contributed by atoms with E-state index < -0.39 is 17.5 Å².